The lowest BCUT2D eigenvalue weighted by Gasteiger charge is -2.13. The van der Waals surface area contributed by atoms with Crippen molar-refractivity contribution in [1.29, 1.82) is 0 Å². The lowest BCUT2D eigenvalue weighted by atomic mass is 10.1. The van der Waals surface area contributed by atoms with Gasteiger partial charge in [0.2, 0.25) is 0 Å². The molecule has 1 saturated carbocycles. The first-order chi connectivity index (χ1) is 9.31. The van der Waals surface area contributed by atoms with Crippen LogP contribution in [0.4, 0.5) is 0 Å². The Morgan fingerprint density at radius 1 is 1.26 bits per heavy atom. The highest BCUT2D eigenvalue weighted by atomic mass is 14.9. The third-order valence-corrected chi connectivity index (χ3v) is 4.06. The first-order valence-corrected chi connectivity index (χ1v) is 7.37. The Kier molecular flexibility index (Phi) is 3.79. The lowest BCUT2D eigenvalue weighted by molar-refractivity contribution is 0.483. The zero-order chi connectivity index (χ0) is 13.1. The van der Waals surface area contributed by atoms with Crippen LogP contribution in [0.15, 0.2) is 36.7 Å². The third-order valence-electron chi connectivity index (χ3n) is 4.06. The summed E-state index contributed by atoms with van der Waals surface area (Å²) in [6.45, 7) is 3.26. The molecule has 3 rings (SSSR count). The second-order valence-electron chi connectivity index (χ2n) is 5.86. The Bertz CT molecular complexity index is 546. The molecule has 1 heterocycles. The second kappa shape index (κ2) is 5.70. The van der Waals surface area contributed by atoms with Crippen LogP contribution in [0.25, 0.3) is 10.8 Å². The molecule has 1 atom stereocenters. The van der Waals surface area contributed by atoms with Crippen LogP contribution in [0.3, 0.4) is 0 Å². The van der Waals surface area contributed by atoms with Gasteiger partial charge >= 0.3 is 0 Å². The van der Waals surface area contributed by atoms with Gasteiger partial charge in [-0.2, -0.15) is 0 Å². The van der Waals surface area contributed by atoms with Gasteiger partial charge in [0.15, 0.2) is 0 Å². The van der Waals surface area contributed by atoms with E-state index in [-0.39, 0.29) is 0 Å². The summed E-state index contributed by atoms with van der Waals surface area (Å²) in [5.74, 6) is 1.04. The number of aromatic nitrogens is 1. The number of nitrogens with zero attached hydrogens (tertiary/aromatic N) is 1. The fraction of sp³-hybridized carbons (Fsp3) is 0.471. The molecule has 0 amide bonds. The molecule has 2 aromatic rings. The maximum Gasteiger partial charge on any atom is 0.0346 e. The third kappa shape index (κ3) is 3.54. The first-order valence-electron chi connectivity index (χ1n) is 7.37. The maximum atomic E-state index is 4.15. The van der Waals surface area contributed by atoms with Crippen molar-refractivity contribution in [3.8, 4) is 0 Å². The highest BCUT2D eigenvalue weighted by Crippen LogP contribution is 2.33. The summed E-state index contributed by atoms with van der Waals surface area (Å²) in [4.78, 5) is 4.15. The van der Waals surface area contributed by atoms with Gasteiger partial charge in [0.05, 0.1) is 0 Å². The molecule has 19 heavy (non-hydrogen) atoms. The van der Waals surface area contributed by atoms with Crippen molar-refractivity contribution in [1.82, 2.24) is 10.3 Å². The van der Waals surface area contributed by atoms with E-state index in [1.807, 2.05) is 12.4 Å². The number of fused-ring (bicyclic) bond motifs is 1. The number of benzene rings is 1. The monoisotopic (exact) mass is 254 g/mol. The molecule has 0 bridgehead atoms. The highest BCUT2D eigenvalue weighted by molar-refractivity contribution is 5.81. The zero-order valence-electron chi connectivity index (χ0n) is 11.6. The molecule has 0 spiro atoms. The average molecular weight is 254 g/mol. The van der Waals surface area contributed by atoms with Gasteiger partial charge in [-0.25, -0.2) is 0 Å². The molecule has 0 unspecified atom stereocenters. The fourth-order valence-corrected chi connectivity index (χ4v) is 2.53. The lowest BCUT2D eigenvalue weighted by Crippen LogP contribution is -2.25. The van der Waals surface area contributed by atoms with E-state index < -0.39 is 0 Å². The van der Waals surface area contributed by atoms with Crippen molar-refractivity contribution in [3.05, 3.63) is 42.2 Å². The molecule has 0 saturated heterocycles. The number of hydrogen-bond donors (Lipinski definition) is 1. The quantitative estimate of drug-likeness (QED) is 0.845. The van der Waals surface area contributed by atoms with E-state index in [1.54, 1.807) is 0 Å². The topological polar surface area (TPSA) is 24.9 Å². The van der Waals surface area contributed by atoms with E-state index in [4.69, 9.17) is 0 Å². The van der Waals surface area contributed by atoms with Crippen LogP contribution < -0.4 is 5.32 Å². The molecule has 100 valence electrons. The summed E-state index contributed by atoms with van der Waals surface area (Å²) in [5, 5.41) is 6.12. The van der Waals surface area contributed by atoms with Gasteiger partial charge in [0.1, 0.15) is 0 Å². The Labute approximate surface area is 115 Å². The van der Waals surface area contributed by atoms with Crippen LogP contribution in [0.5, 0.6) is 0 Å². The summed E-state index contributed by atoms with van der Waals surface area (Å²) in [6.07, 6.45) is 9.42. The van der Waals surface area contributed by atoms with E-state index in [2.05, 4.69) is 41.5 Å². The number of rotatable bonds is 6. The molecule has 0 aliphatic heterocycles. The molecule has 1 fully saturated rings. The van der Waals surface area contributed by atoms with Gasteiger partial charge in [0.25, 0.3) is 0 Å². The van der Waals surface area contributed by atoms with Crippen LogP contribution >= 0.6 is 0 Å². The Morgan fingerprint density at radius 2 is 2.16 bits per heavy atom. The van der Waals surface area contributed by atoms with Crippen LogP contribution in [0.1, 0.15) is 38.2 Å². The van der Waals surface area contributed by atoms with E-state index in [9.17, 15) is 0 Å². The average Bonchev–Trinajstić information content (AvgIpc) is 3.27. The van der Waals surface area contributed by atoms with Gasteiger partial charge in [-0.3, -0.25) is 4.98 Å². The molecular weight excluding hydrogens is 232 g/mol. The van der Waals surface area contributed by atoms with Crippen LogP contribution in [-0.2, 0) is 6.54 Å². The van der Waals surface area contributed by atoms with Crippen molar-refractivity contribution in [2.75, 3.05) is 0 Å². The molecule has 1 aromatic carbocycles. The predicted octanol–water partition coefficient (Wildman–Crippen LogP) is 3.90. The second-order valence-corrected chi connectivity index (χ2v) is 5.86. The van der Waals surface area contributed by atoms with E-state index in [1.165, 1.54) is 42.0 Å². The van der Waals surface area contributed by atoms with Gasteiger partial charge in [0, 0.05) is 30.4 Å². The first kappa shape index (κ1) is 12.6. The fourth-order valence-electron chi connectivity index (χ4n) is 2.53. The summed E-state index contributed by atoms with van der Waals surface area (Å²) in [7, 11) is 0. The molecule has 2 heteroatoms. The van der Waals surface area contributed by atoms with Crippen molar-refractivity contribution < 1.29 is 0 Å². The molecule has 1 aliphatic rings. The molecule has 1 aliphatic carbocycles. The van der Waals surface area contributed by atoms with Crippen LogP contribution in [-0.4, -0.2) is 11.0 Å². The Hall–Kier alpha value is -1.41. The molecule has 1 aromatic heterocycles. The van der Waals surface area contributed by atoms with Crippen molar-refractivity contribution in [3.63, 3.8) is 0 Å². The minimum Gasteiger partial charge on any atom is -0.310 e. The normalized spacial score (nSPS) is 16.7. The van der Waals surface area contributed by atoms with E-state index >= 15 is 0 Å². The predicted molar refractivity (Wildman–Crippen MR) is 80.0 cm³/mol. The van der Waals surface area contributed by atoms with Gasteiger partial charge in [-0.15, -0.1) is 0 Å². The summed E-state index contributed by atoms with van der Waals surface area (Å²) >= 11 is 0. The Morgan fingerprint density at radius 3 is 3.00 bits per heavy atom. The van der Waals surface area contributed by atoms with Crippen LogP contribution in [0.2, 0.25) is 0 Å². The van der Waals surface area contributed by atoms with E-state index in [0.717, 1.165) is 12.5 Å². The van der Waals surface area contributed by atoms with Gasteiger partial charge < -0.3 is 5.32 Å². The van der Waals surface area contributed by atoms with Gasteiger partial charge in [-0.05, 0) is 48.8 Å². The largest absolute Gasteiger partial charge is 0.310 e. The zero-order valence-corrected chi connectivity index (χ0v) is 11.6. The SMILES string of the molecule is C[C@H](CCC1CC1)NCc1ccc2cnccc2c1. The molecule has 0 radical (unpaired) electrons. The summed E-state index contributed by atoms with van der Waals surface area (Å²) < 4.78 is 0. The number of pyridine rings is 1. The number of hydrogen-bond acceptors (Lipinski definition) is 2. The highest BCUT2D eigenvalue weighted by Gasteiger charge is 2.21. The smallest absolute Gasteiger partial charge is 0.0346 e. The molecule has 2 nitrogen and oxygen atoms in total. The standard InChI is InChI=1S/C17H22N2/c1-13(2-3-14-4-5-14)19-11-15-6-7-17-12-18-9-8-16(17)10-15/h6-10,12-14,19H,2-5,11H2,1H3/t13-/m1/s1. The molecular formula is C17H22N2. The van der Waals surface area contributed by atoms with E-state index in [0.29, 0.717) is 6.04 Å². The van der Waals surface area contributed by atoms with Gasteiger partial charge in [-0.1, -0.05) is 25.0 Å². The minimum absolute atomic E-state index is 0.619. The Balaban J connectivity index is 1.55. The van der Waals surface area contributed by atoms with Crippen molar-refractivity contribution in [2.45, 2.75) is 45.2 Å². The van der Waals surface area contributed by atoms with Crippen molar-refractivity contribution >= 4 is 10.8 Å². The minimum atomic E-state index is 0.619. The van der Waals surface area contributed by atoms with Crippen molar-refractivity contribution in [2.24, 2.45) is 5.92 Å². The summed E-state index contributed by atoms with van der Waals surface area (Å²) in [5.41, 5.74) is 1.36. The molecule has 1 N–H and O–H groups in total. The number of nitrogens with one attached hydrogen (secondary N) is 1. The van der Waals surface area contributed by atoms with Crippen LogP contribution in [0, 0.1) is 5.92 Å². The summed E-state index contributed by atoms with van der Waals surface area (Å²) in [6, 6.07) is 9.32. The maximum absolute atomic E-state index is 4.15.